The number of halogens is 2. The highest BCUT2D eigenvalue weighted by Crippen LogP contribution is 2.45. The van der Waals surface area contributed by atoms with E-state index in [1.165, 1.54) is 23.4 Å². The number of nitrogens with zero attached hydrogens (tertiary/aromatic N) is 2. The fraction of sp³-hybridized carbons (Fsp3) is 0.409. The summed E-state index contributed by atoms with van der Waals surface area (Å²) in [5.74, 6) is 0.161. The van der Waals surface area contributed by atoms with Crippen molar-refractivity contribution < 1.29 is 4.39 Å². The third kappa shape index (κ3) is 3.78. The number of rotatable bonds is 4. The van der Waals surface area contributed by atoms with Gasteiger partial charge in [0.25, 0.3) is 0 Å². The van der Waals surface area contributed by atoms with E-state index in [9.17, 15) is 4.39 Å². The Bertz CT molecular complexity index is 829. The zero-order valence-corrected chi connectivity index (χ0v) is 16.6. The van der Waals surface area contributed by atoms with Crippen molar-refractivity contribution in [2.75, 3.05) is 11.4 Å². The third-order valence-electron chi connectivity index (χ3n) is 5.11. The first-order chi connectivity index (χ1) is 12.3. The third-order valence-corrected chi connectivity index (χ3v) is 5.44. The molecule has 26 heavy (non-hydrogen) atoms. The first kappa shape index (κ1) is 18.9. The van der Waals surface area contributed by atoms with Gasteiger partial charge >= 0.3 is 0 Å². The summed E-state index contributed by atoms with van der Waals surface area (Å²) in [4.78, 5) is 6.87. The van der Waals surface area contributed by atoms with Gasteiger partial charge in [0.15, 0.2) is 0 Å². The zero-order chi connectivity index (χ0) is 18.9. The molecule has 0 saturated carbocycles. The lowest BCUT2D eigenvalue weighted by molar-refractivity contribution is 0.376. The minimum absolute atomic E-state index is 0.114. The van der Waals surface area contributed by atoms with Gasteiger partial charge in [0.2, 0.25) is 0 Å². The van der Waals surface area contributed by atoms with E-state index in [2.05, 4.69) is 49.7 Å². The lowest BCUT2D eigenvalue weighted by atomic mass is 9.79. The molecule has 0 fully saturated rings. The second-order valence-corrected chi connectivity index (χ2v) is 8.15. The first-order valence-electron chi connectivity index (χ1n) is 9.22. The lowest BCUT2D eigenvalue weighted by Gasteiger charge is -2.47. The summed E-state index contributed by atoms with van der Waals surface area (Å²) in [5.41, 5.74) is 4.10. The average molecular weight is 373 g/mol. The SMILES string of the molecule is CCCN1c2cc(Cl)c(C=Nc3cccc(F)c3)cc2C(C)CC1(C)C. The molecule has 1 unspecified atom stereocenters. The normalized spacial score (nSPS) is 19.0. The van der Waals surface area contributed by atoms with Crippen LogP contribution in [0.4, 0.5) is 15.8 Å². The Balaban J connectivity index is 2.00. The highest BCUT2D eigenvalue weighted by Gasteiger charge is 2.36. The molecule has 4 heteroatoms. The molecule has 3 rings (SSSR count). The Kier molecular flexibility index (Phi) is 5.38. The quantitative estimate of drug-likeness (QED) is 0.543. The number of hydrogen-bond donors (Lipinski definition) is 0. The summed E-state index contributed by atoms with van der Waals surface area (Å²) in [6, 6.07) is 10.5. The topological polar surface area (TPSA) is 15.6 Å². The Morgan fingerprint density at radius 1 is 1.31 bits per heavy atom. The molecule has 138 valence electrons. The molecule has 0 N–H and O–H groups in total. The van der Waals surface area contributed by atoms with Crippen LogP contribution in [-0.2, 0) is 0 Å². The highest BCUT2D eigenvalue weighted by atomic mass is 35.5. The van der Waals surface area contributed by atoms with E-state index in [4.69, 9.17) is 11.6 Å². The standard InChI is InChI=1S/C22H26ClFN2/c1-5-9-26-21-12-20(23)16(10-19(21)15(2)13-22(26,3)4)14-25-18-8-6-7-17(24)11-18/h6-8,10-12,14-15H,5,9,13H2,1-4H3. The molecule has 1 aliphatic rings. The van der Waals surface area contributed by atoms with E-state index >= 15 is 0 Å². The smallest absolute Gasteiger partial charge is 0.125 e. The molecule has 0 radical (unpaired) electrons. The van der Waals surface area contributed by atoms with Gasteiger partial charge in [-0.2, -0.15) is 0 Å². The van der Waals surface area contributed by atoms with E-state index in [1.807, 2.05) is 0 Å². The predicted octanol–water partition coefficient (Wildman–Crippen LogP) is 6.73. The van der Waals surface area contributed by atoms with Crippen LogP contribution in [0.3, 0.4) is 0 Å². The van der Waals surface area contributed by atoms with Crippen molar-refractivity contribution in [3.63, 3.8) is 0 Å². The molecule has 1 aliphatic heterocycles. The predicted molar refractivity (Wildman–Crippen MR) is 110 cm³/mol. The summed E-state index contributed by atoms with van der Waals surface area (Å²) in [7, 11) is 0. The molecular formula is C22H26ClFN2. The van der Waals surface area contributed by atoms with Crippen LogP contribution in [0.2, 0.25) is 5.02 Å². The lowest BCUT2D eigenvalue weighted by Crippen LogP contribution is -2.48. The van der Waals surface area contributed by atoms with Crippen molar-refractivity contribution >= 4 is 29.2 Å². The summed E-state index contributed by atoms with van der Waals surface area (Å²) < 4.78 is 13.3. The summed E-state index contributed by atoms with van der Waals surface area (Å²) in [6.07, 6.45) is 3.92. The molecule has 0 amide bonds. The van der Waals surface area contributed by atoms with E-state index in [0.717, 1.165) is 24.9 Å². The number of hydrogen-bond acceptors (Lipinski definition) is 2. The molecule has 2 aromatic rings. The van der Waals surface area contributed by atoms with Crippen molar-refractivity contribution in [1.82, 2.24) is 0 Å². The molecule has 2 aromatic carbocycles. The molecule has 0 aromatic heterocycles. The molecule has 0 bridgehead atoms. The first-order valence-corrected chi connectivity index (χ1v) is 9.60. The van der Waals surface area contributed by atoms with Crippen LogP contribution >= 0.6 is 11.6 Å². The molecule has 1 heterocycles. The van der Waals surface area contributed by atoms with Crippen LogP contribution in [0.5, 0.6) is 0 Å². The molecule has 0 saturated heterocycles. The van der Waals surface area contributed by atoms with Crippen LogP contribution in [-0.4, -0.2) is 18.3 Å². The van der Waals surface area contributed by atoms with Crippen LogP contribution in [0.15, 0.2) is 41.4 Å². The van der Waals surface area contributed by atoms with E-state index in [0.29, 0.717) is 16.6 Å². The van der Waals surface area contributed by atoms with Gasteiger partial charge in [-0.1, -0.05) is 31.5 Å². The number of fused-ring (bicyclic) bond motifs is 1. The van der Waals surface area contributed by atoms with Crippen LogP contribution in [0.25, 0.3) is 0 Å². The second-order valence-electron chi connectivity index (χ2n) is 7.74. The van der Waals surface area contributed by atoms with Crippen LogP contribution in [0, 0.1) is 5.82 Å². The Morgan fingerprint density at radius 3 is 2.77 bits per heavy atom. The van der Waals surface area contributed by atoms with Crippen molar-refractivity contribution in [2.24, 2.45) is 4.99 Å². The molecular weight excluding hydrogens is 347 g/mol. The van der Waals surface area contributed by atoms with Crippen LogP contribution < -0.4 is 4.90 Å². The van der Waals surface area contributed by atoms with Gasteiger partial charge in [0.1, 0.15) is 5.82 Å². The van der Waals surface area contributed by atoms with Gasteiger partial charge in [0.05, 0.1) is 10.7 Å². The Labute approximate surface area is 160 Å². The van der Waals surface area contributed by atoms with Gasteiger partial charge in [-0.3, -0.25) is 4.99 Å². The monoisotopic (exact) mass is 372 g/mol. The maximum atomic E-state index is 13.3. The summed E-state index contributed by atoms with van der Waals surface area (Å²) >= 11 is 6.57. The maximum absolute atomic E-state index is 13.3. The van der Waals surface area contributed by atoms with Crippen LogP contribution in [0.1, 0.15) is 57.6 Å². The van der Waals surface area contributed by atoms with Crippen molar-refractivity contribution in [3.05, 3.63) is 58.4 Å². The highest BCUT2D eigenvalue weighted by molar-refractivity contribution is 6.33. The summed E-state index contributed by atoms with van der Waals surface area (Å²) in [5, 5.41) is 0.676. The second kappa shape index (κ2) is 7.40. The molecule has 0 aliphatic carbocycles. The van der Waals surface area contributed by atoms with Gasteiger partial charge in [-0.25, -0.2) is 4.39 Å². The van der Waals surface area contributed by atoms with E-state index < -0.39 is 0 Å². The Morgan fingerprint density at radius 2 is 2.08 bits per heavy atom. The van der Waals surface area contributed by atoms with Gasteiger partial charge in [-0.15, -0.1) is 0 Å². The summed E-state index contributed by atoms with van der Waals surface area (Å²) in [6.45, 7) is 10.1. The number of benzene rings is 2. The van der Waals surface area contributed by atoms with E-state index in [1.54, 1.807) is 18.3 Å². The van der Waals surface area contributed by atoms with Gasteiger partial charge < -0.3 is 4.90 Å². The fourth-order valence-corrected chi connectivity index (χ4v) is 4.17. The van der Waals surface area contributed by atoms with Crippen molar-refractivity contribution in [1.29, 1.82) is 0 Å². The minimum Gasteiger partial charge on any atom is -0.366 e. The minimum atomic E-state index is -0.290. The Hall–Kier alpha value is -1.87. The molecule has 2 nitrogen and oxygen atoms in total. The maximum Gasteiger partial charge on any atom is 0.125 e. The van der Waals surface area contributed by atoms with E-state index in [-0.39, 0.29) is 11.4 Å². The molecule has 1 atom stereocenters. The van der Waals surface area contributed by atoms with Gasteiger partial charge in [-0.05, 0) is 68.5 Å². The largest absolute Gasteiger partial charge is 0.366 e. The fourth-order valence-electron chi connectivity index (χ4n) is 3.97. The number of anilines is 1. The average Bonchev–Trinajstić information content (AvgIpc) is 2.57. The van der Waals surface area contributed by atoms with Crippen molar-refractivity contribution in [3.8, 4) is 0 Å². The van der Waals surface area contributed by atoms with Crippen molar-refractivity contribution in [2.45, 2.75) is 52.0 Å². The van der Waals surface area contributed by atoms with Gasteiger partial charge in [0, 0.05) is 29.5 Å². The number of aliphatic imine (C=N–C) groups is 1. The zero-order valence-electron chi connectivity index (χ0n) is 15.9. The molecule has 0 spiro atoms.